The van der Waals surface area contributed by atoms with E-state index in [1.165, 1.54) is 4.90 Å². The molecule has 0 atom stereocenters. The smallest absolute Gasteiger partial charge is 0.307 e. The first-order valence-corrected chi connectivity index (χ1v) is 7.76. The van der Waals surface area contributed by atoms with Gasteiger partial charge < -0.3 is 9.64 Å². The van der Waals surface area contributed by atoms with Crippen molar-refractivity contribution in [1.82, 2.24) is 4.90 Å². The van der Waals surface area contributed by atoms with Gasteiger partial charge in [0.1, 0.15) is 0 Å². The third-order valence-electron chi connectivity index (χ3n) is 2.53. The number of nitrogens with zero attached hydrogens (tertiary/aromatic N) is 1. The number of hydrogen-bond donors (Lipinski definition) is 0. The third kappa shape index (κ3) is 4.79. The Labute approximate surface area is 141 Å². The molecule has 0 spiro atoms. The van der Waals surface area contributed by atoms with Gasteiger partial charge in [0.2, 0.25) is 0 Å². The van der Waals surface area contributed by atoms with E-state index in [-0.39, 0.29) is 24.8 Å². The van der Waals surface area contributed by atoms with Crippen molar-refractivity contribution in [3.63, 3.8) is 0 Å². The van der Waals surface area contributed by atoms with E-state index >= 15 is 0 Å². The number of ether oxygens (including phenoxy) is 1. The summed E-state index contributed by atoms with van der Waals surface area (Å²) in [7, 11) is 1.62. The second kappa shape index (κ2) is 8.05. The largest absolute Gasteiger partial charge is 0.466 e. The predicted octanol–water partition coefficient (Wildman–Crippen LogP) is 3.62. The van der Waals surface area contributed by atoms with E-state index in [9.17, 15) is 9.59 Å². The van der Waals surface area contributed by atoms with Crippen LogP contribution in [-0.2, 0) is 9.53 Å². The first kappa shape index (κ1) is 17.5. The van der Waals surface area contributed by atoms with Gasteiger partial charge in [-0.05, 0) is 41.6 Å². The maximum Gasteiger partial charge on any atom is 0.307 e. The minimum Gasteiger partial charge on any atom is -0.466 e. The van der Waals surface area contributed by atoms with Crippen LogP contribution in [0.3, 0.4) is 0 Å². The molecule has 0 bridgehead atoms. The monoisotopic (exact) mass is 429 g/mol. The van der Waals surface area contributed by atoms with Crippen LogP contribution in [0, 0.1) is 3.57 Å². The van der Waals surface area contributed by atoms with Crippen molar-refractivity contribution in [2.45, 2.75) is 13.3 Å². The molecule has 1 aromatic rings. The minimum absolute atomic E-state index is 0.154. The molecule has 0 saturated carbocycles. The molecule has 0 aliphatic rings. The van der Waals surface area contributed by atoms with Crippen molar-refractivity contribution in [2.24, 2.45) is 0 Å². The molecule has 7 heteroatoms. The van der Waals surface area contributed by atoms with Gasteiger partial charge in [-0.25, -0.2) is 0 Å². The fourth-order valence-corrected chi connectivity index (χ4v) is 2.55. The summed E-state index contributed by atoms with van der Waals surface area (Å²) in [5.74, 6) is -0.561. The van der Waals surface area contributed by atoms with Crippen LogP contribution >= 0.6 is 45.8 Å². The Hall–Kier alpha value is -0.530. The van der Waals surface area contributed by atoms with Crippen LogP contribution in [0.4, 0.5) is 0 Å². The Morgan fingerprint density at radius 3 is 2.60 bits per heavy atom. The average Bonchev–Trinajstić information content (AvgIpc) is 2.39. The lowest BCUT2D eigenvalue weighted by molar-refractivity contribution is -0.143. The number of carbonyl (C=O) groups is 2. The van der Waals surface area contributed by atoms with Gasteiger partial charge in [0.25, 0.3) is 5.91 Å². The highest BCUT2D eigenvalue weighted by molar-refractivity contribution is 14.1. The number of carbonyl (C=O) groups excluding carboxylic acids is 2. The highest BCUT2D eigenvalue weighted by atomic mass is 127. The zero-order valence-electron chi connectivity index (χ0n) is 11.1. The van der Waals surface area contributed by atoms with Crippen LogP contribution in [0.1, 0.15) is 23.7 Å². The molecule has 1 amide bonds. The molecule has 0 aromatic heterocycles. The van der Waals surface area contributed by atoms with Gasteiger partial charge in [0.05, 0.1) is 23.6 Å². The fourth-order valence-electron chi connectivity index (χ4n) is 1.51. The number of benzene rings is 1. The molecule has 0 heterocycles. The number of rotatable bonds is 5. The Kier molecular flexibility index (Phi) is 7.05. The number of amides is 1. The summed E-state index contributed by atoms with van der Waals surface area (Å²) >= 11 is 13.9. The summed E-state index contributed by atoms with van der Waals surface area (Å²) in [6.45, 7) is 2.35. The molecule has 0 aliphatic carbocycles. The quantitative estimate of drug-likeness (QED) is 0.408. The molecule has 1 rings (SSSR count). The van der Waals surface area contributed by atoms with Crippen LogP contribution < -0.4 is 0 Å². The van der Waals surface area contributed by atoms with Gasteiger partial charge in [-0.2, -0.15) is 0 Å². The topological polar surface area (TPSA) is 46.6 Å². The van der Waals surface area contributed by atoms with E-state index in [1.807, 2.05) is 22.6 Å². The lowest BCUT2D eigenvalue weighted by Crippen LogP contribution is -2.30. The average molecular weight is 430 g/mol. The zero-order chi connectivity index (χ0) is 15.3. The molecule has 0 aliphatic heterocycles. The van der Waals surface area contributed by atoms with E-state index in [4.69, 9.17) is 27.9 Å². The number of hydrogen-bond acceptors (Lipinski definition) is 3. The normalized spacial score (nSPS) is 10.2. The minimum atomic E-state index is -0.328. The maximum atomic E-state index is 12.3. The first-order valence-electron chi connectivity index (χ1n) is 5.92. The molecule has 0 N–H and O–H groups in total. The molecule has 20 heavy (non-hydrogen) atoms. The van der Waals surface area contributed by atoms with Crippen LogP contribution in [0.2, 0.25) is 10.0 Å². The Bertz CT molecular complexity index is 523. The lowest BCUT2D eigenvalue weighted by Gasteiger charge is -2.18. The third-order valence-corrected chi connectivity index (χ3v) is 4.52. The molecule has 0 unspecified atom stereocenters. The van der Waals surface area contributed by atoms with Gasteiger partial charge in [-0.15, -0.1) is 0 Å². The maximum absolute atomic E-state index is 12.3. The van der Waals surface area contributed by atoms with Crippen LogP contribution in [0.25, 0.3) is 0 Å². The Morgan fingerprint density at radius 2 is 2.00 bits per heavy atom. The summed E-state index contributed by atoms with van der Waals surface area (Å²) in [5.41, 5.74) is 0.425. The lowest BCUT2D eigenvalue weighted by atomic mass is 10.2. The van der Waals surface area contributed by atoms with Crippen molar-refractivity contribution in [2.75, 3.05) is 20.2 Å². The van der Waals surface area contributed by atoms with Crippen molar-refractivity contribution in [1.29, 1.82) is 0 Å². The number of halogens is 3. The van der Waals surface area contributed by atoms with E-state index in [1.54, 1.807) is 26.1 Å². The molecule has 0 saturated heterocycles. The molecule has 0 fully saturated rings. The second-order valence-electron chi connectivity index (χ2n) is 4.03. The van der Waals surface area contributed by atoms with E-state index < -0.39 is 0 Å². The van der Waals surface area contributed by atoms with Crippen molar-refractivity contribution in [3.8, 4) is 0 Å². The first-order chi connectivity index (χ1) is 9.36. The fraction of sp³-hybridized carbons (Fsp3) is 0.385. The van der Waals surface area contributed by atoms with Gasteiger partial charge in [0.15, 0.2) is 0 Å². The highest BCUT2D eigenvalue weighted by Gasteiger charge is 2.18. The van der Waals surface area contributed by atoms with Crippen molar-refractivity contribution >= 4 is 57.7 Å². The Morgan fingerprint density at radius 1 is 1.35 bits per heavy atom. The number of esters is 1. The zero-order valence-corrected chi connectivity index (χ0v) is 14.8. The Balaban J connectivity index is 2.77. The van der Waals surface area contributed by atoms with Gasteiger partial charge >= 0.3 is 5.97 Å². The highest BCUT2D eigenvalue weighted by Crippen LogP contribution is 2.27. The summed E-state index contributed by atoms with van der Waals surface area (Å²) in [5, 5.41) is 0.831. The van der Waals surface area contributed by atoms with Gasteiger partial charge in [-0.3, -0.25) is 9.59 Å². The summed E-state index contributed by atoms with van der Waals surface area (Å²) in [4.78, 5) is 25.0. The second-order valence-corrected chi connectivity index (χ2v) is 5.95. The van der Waals surface area contributed by atoms with Crippen molar-refractivity contribution < 1.29 is 14.3 Å². The molecule has 4 nitrogen and oxygen atoms in total. The summed E-state index contributed by atoms with van der Waals surface area (Å²) < 4.78 is 5.46. The van der Waals surface area contributed by atoms with Crippen molar-refractivity contribution in [3.05, 3.63) is 31.3 Å². The predicted molar refractivity (Wildman–Crippen MR) is 87.4 cm³/mol. The SMILES string of the molecule is CCOC(=O)CCN(C)C(=O)c1cc(Cl)cc(Cl)c1I. The van der Waals surface area contributed by atoms with Crippen LogP contribution in [0.15, 0.2) is 12.1 Å². The molecular weight excluding hydrogens is 416 g/mol. The van der Waals surface area contributed by atoms with Gasteiger partial charge in [0, 0.05) is 22.2 Å². The molecular formula is C13H14Cl2INO3. The molecule has 0 radical (unpaired) electrons. The summed E-state index contributed by atoms with van der Waals surface area (Å²) in [6.07, 6.45) is 0.154. The summed E-state index contributed by atoms with van der Waals surface area (Å²) in [6, 6.07) is 3.15. The van der Waals surface area contributed by atoms with E-state index in [2.05, 4.69) is 0 Å². The van der Waals surface area contributed by atoms with Crippen LogP contribution in [-0.4, -0.2) is 37.0 Å². The van der Waals surface area contributed by atoms with Crippen LogP contribution in [0.5, 0.6) is 0 Å². The molecule has 110 valence electrons. The van der Waals surface area contributed by atoms with Gasteiger partial charge in [-0.1, -0.05) is 23.2 Å². The van der Waals surface area contributed by atoms with E-state index in [0.29, 0.717) is 25.8 Å². The molecule has 1 aromatic carbocycles. The standard InChI is InChI=1S/C13H14Cl2INO3/c1-3-20-11(18)4-5-17(2)13(19)9-6-8(14)7-10(15)12(9)16/h6-7H,3-5H2,1-2H3. The van der Waals surface area contributed by atoms with E-state index in [0.717, 1.165) is 0 Å².